The zero-order valence-electron chi connectivity index (χ0n) is 11.2. The Morgan fingerprint density at radius 2 is 1.75 bits per heavy atom. The van der Waals surface area contributed by atoms with Crippen molar-refractivity contribution < 1.29 is 9.18 Å². The third-order valence-corrected chi connectivity index (χ3v) is 3.64. The molecule has 2 aromatic carbocycles. The molecule has 0 saturated carbocycles. The van der Waals surface area contributed by atoms with Gasteiger partial charge in [-0.2, -0.15) is 0 Å². The molecule has 1 nitrogen and oxygen atoms in total. The van der Waals surface area contributed by atoms with Crippen LogP contribution in [-0.4, -0.2) is 11.5 Å². The highest BCUT2D eigenvalue weighted by Crippen LogP contribution is 2.18. The summed E-state index contributed by atoms with van der Waals surface area (Å²) in [6.45, 7) is 2.11. The Kier molecular flexibility index (Phi) is 5.13. The van der Waals surface area contributed by atoms with Crippen molar-refractivity contribution in [2.75, 3.05) is 5.75 Å². The Balaban J connectivity index is 2.04. The highest BCUT2D eigenvalue weighted by atomic mass is 32.2. The van der Waals surface area contributed by atoms with Crippen LogP contribution in [0, 0.1) is 5.82 Å². The van der Waals surface area contributed by atoms with Gasteiger partial charge < -0.3 is 0 Å². The molecule has 0 heterocycles. The van der Waals surface area contributed by atoms with E-state index in [-0.39, 0.29) is 11.6 Å². The van der Waals surface area contributed by atoms with Crippen molar-refractivity contribution in [3.8, 4) is 0 Å². The molecule has 0 saturated heterocycles. The number of hydrogen-bond donors (Lipinski definition) is 0. The first-order valence-electron chi connectivity index (χ1n) is 6.40. The summed E-state index contributed by atoms with van der Waals surface area (Å²) in [7, 11) is 0. The Morgan fingerprint density at radius 3 is 2.35 bits per heavy atom. The summed E-state index contributed by atoms with van der Waals surface area (Å²) < 4.78 is 12.8. The molecule has 0 N–H and O–H groups in total. The molecule has 0 radical (unpaired) electrons. The second-order valence-electron chi connectivity index (χ2n) is 4.21. The smallest absolute Gasteiger partial charge is 0.185 e. The molecule has 0 fully saturated rings. The third-order valence-electron chi connectivity index (χ3n) is 2.75. The minimum atomic E-state index is -0.338. The van der Waals surface area contributed by atoms with Gasteiger partial charge in [0.25, 0.3) is 0 Å². The standard InChI is InChI=1S/C17H15FOS/c1-2-20-16-10-3-13(4-11-16)5-12-17(19)14-6-8-15(18)9-7-14/h3-12H,2H2,1H3/b12-5+. The van der Waals surface area contributed by atoms with Gasteiger partial charge in [-0.15, -0.1) is 11.8 Å². The first kappa shape index (κ1) is 14.5. The van der Waals surface area contributed by atoms with Crippen LogP contribution in [0.25, 0.3) is 6.08 Å². The summed E-state index contributed by atoms with van der Waals surface area (Å²) in [5.41, 5.74) is 1.46. The molecule has 102 valence electrons. The minimum absolute atomic E-state index is 0.128. The van der Waals surface area contributed by atoms with Gasteiger partial charge in [0, 0.05) is 10.5 Å². The molecule has 0 atom stereocenters. The van der Waals surface area contributed by atoms with Crippen molar-refractivity contribution in [2.24, 2.45) is 0 Å². The van der Waals surface area contributed by atoms with Crippen LogP contribution in [0.4, 0.5) is 4.39 Å². The maximum atomic E-state index is 12.8. The molecule has 0 spiro atoms. The van der Waals surface area contributed by atoms with Crippen LogP contribution in [0.2, 0.25) is 0 Å². The van der Waals surface area contributed by atoms with Crippen molar-refractivity contribution in [3.63, 3.8) is 0 Å². The molecule has 0 aromatic heterocycles. The second-order valence-corrected chi connectivity index (χ2v) is 5.54. The molecule has 20 heavy (non-hydrogen) atoms. The summed E-state index contributed by atoms with van der Waals surface area (Å²) in [6.07, 6.45) is 3.28. The SMILES string of the molecule is CCSc1ccc(/C=C/C(=O)c2ccc(F)cc2)cc1. The Hall–Kier alpha value is -1.87. The summed E-state index contributed by atoms with van der Waals surface area (Å²) in [5.74, 6) is 0.574. The molecule has 0 aliphatic heterocycles. The van der Waals surface area contributed by atoms with E-state index >= 15 is 0 Å². The van der Waals surface area contributed by atoms with Crippen LogP contribution in [-0.2, 0) is 0 Å². The van der Waals surface area contributed by atoms with Gasteiger partial charge in [-0.3, -0.25) is 4.79 Å². The monoisotopic (exact) mass is 286 g/mol. The lowest BCUT2D eigenvalue weighted by atomic mass is 10.1. The summed E-state index contributed by atoms with van der Waals surface area (Å²) in [5, 5.41) is 0. The first-order valence-corrected chi connectivity index (χ1v) is 7.38. The Bertz CT molecular complexity index is 600. The van der Waals surface area contributed by atoms with E-state index in [0.717, 1.165) is 11.3 Å². The van der Waals surface area contributed by atoms with Gasteiger partial charge in [-0.1, -0.05) is 25.1 Å². The molecule has 0 aliphatic rings. The van der Waals surface area contributed by atoms with Crippen molar-refractivity contribution >= 4 is 23.6 Å². The molecule has 3 heteroatoms. The predicted molar refractivity (Wildman–Crippen MR) is 82.6 cm³/mol. The van der Waals surface area contributed by atoms with E-state index in [4.69, 9.17) is 0 Å². The van der Waals surface area contributed by atoms with E-state index in [0.29, 0.717) is 5.56 Å². The highest BCUT2D eigenvalue weighted by molar-refractivity contribution is 7.99. The quantitative estimate of drug-likeness (QED) is 0.445. The van der Waals surface area contributed by atoms with Crippen LogP contribution in [0.5, 0.6) is 0 Å². The van der Waals surface area contributed by atoms with Crippen molar-refractivity contribution in [2.45, 2.75) is 11.8 Å². The van der Waals surface area contributed by atoms with Crippen molar-refractivity contribution in [1.82, 2.24) is 0 Å². The van der Waals surface area contributed by atoms with E-state index in [9.17, 15) is 9.18 Å². The predicted octanol–water partition coefficient (Wildman–Crippen LogP) is 4.83. The molecule has 0 bridgehead atoms. The maximum Gasteiger partial charge on any atom is 0.185 e. The van der Waals surface area contributed by atoms with E-state index in [1.54, 1.807) is 17.8 Å². The lowest BCUT2D eigenvalue weighted by molar-refractivity contribution is 0.104. The third kappa shape index (κ3) is 4.07. The fourth-order valence-electron chi connectivity index (χ4n) is 1.72. The van der Waals surface area contributed by atoms with Gasteiger partial charge in [-0.25, -0.2) is 4.39 Å². The zero-order chi connectivity index (χ0) is 14.4. The number of rotatable bonds is 5. The van der Waals surface area contributed by atoms with Gasteiger partial charge in [0.2, 0.25) is 0 Å². The second kappa shape index (κ2) is 7.06. The average Bonchev–Trinajstić information content (AvgIpc) is 2.47. The highest BCUT2D eigenvalue weighted by Gasteiger charge is 2.01. The number of hydrogen-bond acceptors (Lipinski definition) is 2. The summed E-state index contributed by atoms with van der Waals surface area (Å²) in [4.78, 5) is 13.1. The lowest BCUT2D eigenvalue weighted by Crippen LogP contribution is -1.93. The first-order chi connectivity index (χ1) is 9.69. The van der Waals surface area contributed by atoms with Crippen molar-refractivity contribution in [1.29, 1.82) is 0 Å². The summed E-state index contributed by atoms with van der Waals surface area (Å²) >= 11 is 1.78. The maximum absolute atomic E-state index is 12.8. The number of carbonyl (C=O) groups excluding carboxylic acids is 1. The van der Waals surface area contributed by atoms with E-state index in [1.807, 2.05) is 24.3 Å². The Morgan fingerprint density at radius 1 is 1.10 bits per heavy atom. The van der Waals surface area contributed by atoms with Crippen LogP contribution in [0.15, 0.2) is 59.5 Å². The number of carbonyl (C=O) groups is 1. The van der Waals surface area contributed by atoms with Crippen LogP contribution in [0.1, 0.15) is 22.8 Å². The topological polar surface area (TPSA) is 17.1 Å². The minimum Gasteiger partial charge on any atom is -0.289 e. The molecule has 2 aromatic rings. The Labute approximate surface area is 122 Å². The zero-order valence-corrected chi connectivity index (χ0v) is 12.0. The van der Waals surface area contributed by atoms with Crippen LogP contribution in [0.3, 0.4) is 0 Å². The van der Waals surface area contributed by atoms with Gasteiger partial charge in [0.1, 0.15) is 5.82 Å². The molecule has 2 rings (SSSR count). The molecule has 0 aliphatic carbocycles. The van der Waals surface area contributed by atoms with E-state index < -0.39 is 0 Å². The number of allylic oxidation sites excluding steroid dienone is 1. The molecule has 0 amide bonds. The largest absolute Gasteiger partial charge is 0.289 e. The summed E-state index contributed by atoms with van der Waals surface area (Å²) in [6, 6.07) is 13.6. The van der Waals surface area contributed by atoms with Crippen molar-refractivity contribution in [3.05, 3.63) is 71.6 Å². The number of halogens is 1. The normalized spacial score (nSPS) is 10.9. The molecular weight excluding hydrogens is 271 g/mol. The van der Waals surface area contributed by atoms with E-state index in [2.05, 4.69) is 6.92 Å². The fraction of sp³-hybridized carbons (Fsp3) is 0.118. The number of ketones is 1. The van der Waals surface area contributed by atoms with Gasteiger partial charge >= 0.3 is 0 Å². The van der Waals surface area contributed by atoms with Gasteiger partial charge in [-0.05, 0) is 53.8 Å². The van der Waals surface area contributed by atoms with Gasteiger partial charge in [0.15, 0.2) is 5.78 Å². The average molecular weight is 286 g/mol. The fourth-order valence-corrected chi connectivity index (χ4v) is 2.39. The van der Waals surface area contributed by atoms with Gasteiger partial charge in [0.05, 0.1) is 0 Å². The molecular formula is C17H15FOS. The molecule has 0 unspecified atom stereocenters. The van der Waals surface area contributed by atoms with Crippen LogP contribution >= 0.6 is 11.8 Å². The van der Waals surface area contributed by atoms with E-state index in [1.165, 1.54) is 35.2 Å². The number of thioether (sulfide) groups is 1. The van der Waals surface area contributed by atoms with Crippen LogP contribution < -0.4 is 0 Å². The number of benzene rings is 2. The lowest BCUT2D eigenvalue weighted by Gasteiger charge is -1.99.